The van der Waals surface area contributed by atoms with Crippen molar-refractivity contribution in [3.63, 3.8) is 0 Å². The Hall–Kier alpha value is -0.110. The maximum Gasteiger partial charge on any atom is 0.0753 e. The maximum absolute atomic E-state index is 5.26. The fraction of sp³-hybridized carbons (Fsp3) is 0.917. The fourth-order valence-electron chi connectivity index (χ4n) is 2.90. The zero-order chi connectivity index (χ0) is 10.9. The van der Waals surface area contributed by atoms with E-state index < -0.39 is 0 Å². The Kier molecular flexibility index (Phi) is 3.94. The van der Waals surface area contributed by atoms with Crippen molar-refractivity contribution < 1.29 is 0 Å². The molecule has 0 bridgehead atoms. The lowest BCUT2D eigenvalue weighted by Crippen LogP contribution is -2.23. The molecule has 1 aliphatic carbocycles. The van der Waals surface area contributed by atoms with Crippen molar-refractivity contribution in [2.75, 3.05) is 7.05 Å². The average molecular weight is 213 g/mol. The second-order valence-corrected chi connectivity index (χ2v) is 5.47. The van der Waals surface area contributed by atoms with Gasteiger partial charge in [-0.3, -0.25) is 0 Å². The van der Waals surface area contributed by atoms with Gasteiger partial charge in [-0.25, -0.2) is 0 Å². The van der Waals surface area contributed by atoms with E-state index in [1.807, 2.05) is 7.05 Å². The van der Waals surface area contributed by atoms with E-state index in [4.69, 9.17) is 12.2 Å². The van der Waals surface area contributed by atoms with E-state index in [2.05, 4.69) is 33.0 Å². The molecule has 0 spiro atoms. The number of hydrogen-bond acceptors (Lipinski definition) is 1. The number of nitrogens with one attached hydrogen (secondary N) is 1. The Morgan fingerprint density at radius 3 is 1.79 bits per heavy atom. The average Bonchev–Trinajstić information content (AvgIpc) is 2.35. The minimum Gasteiger partial charge on any atom is -0.383 e. The normalized spacial score (nSPS) is 42.5. The predicted octanol–water partition coefficient (Wildman–Crippen LogP) is 3.10. The summed E-state index contributed by atoms with van der Waals surface area (Å²) >= 11 is 5.26. The summed E-state index contributed by atoms with van der Waals surface area (Å²) in [6.07, 6.45) is 1.07. The number of thiocarbonyl (C=S) groups is 1. The van der Waals surface area contributed by atoms with Crippen molar-refractivity contribution in [1.29, 1.82) is 0 Å². The lowest BCUT2D eigenvalue weighted by atomic mass is 9.86. The van der Waals surface area contributed by atoms with Crippen LogP contribution >= 0.6 is 12.2 Å². The first kappa shape index (κ1) is 12.0. The highest BCUT2D eigenvalue weighted by atomic mass is 32.1. The van der Waals surface area contributed by atoms with E-state index >= 15 is 0 Å². The van der Waals surface area contributed by atoms with Crippen molar-refractivity contribution in [2.45, 2.75) is 34.1 Å². The maximum atomic E-state index is 5.26. The van der Waals surface area contributed by atoms with Gasteiger partial charge in [0, 0.05) is 13.5 Å². The molecular formula is C12H23NS. The third-order valence-corrected chi connectivity index (χ3v) is 4.91. The van der Waals surface area contributed by atoms with E-state index in [9.17, 15) is 0 Å². The van der Waals surface area contributed by atoms with Gasteiger partial charge in [-0.1, -0.05) is 39.9 Å². The van der Waals surface area contributed by atoms with Gasteiger partial charge in [-0.15, -0.1) is 0 Å². The Bertz CT molecular complexity index is 200. The first-order chi connectivity index (χ1) is 6.49. The van der Waals surface area contributed by atoms with Gasteiger partial charge >= 0.3 is 0 Å². The van der Waals surface area contributed by atoms with Crippen LogP contribution in [0.3, 0.4) is 0 Å². The van der Waals surface area contributed by atoms with Crippen LogP contribution in [0.15, 0.2) is 0 Å². The van der Waals surface area contributed by atoms with Gasteiger partial charge in [0.25, 0.3) is 0 Å². The van der Waals surface area contributed by atoms with Gasteiger partial charge in [0.2, 0.25) is 0 Å². The van der Waals surface area contributed by atoms with Crippen LogP contribution in [0, 0.1) is 29.6 Å². The number of rotatable bonds is 2. The van der Waals surface area contributed by atoms with E-state index in [0.717, 1.165) is 41.0 Å². The van der Waals surface area contributed by atoms with Gasteiger partial charge in [-0.2, -0.15) is 0 Å². The van der Waals surface area contributed by atoms with Crippen LogP contribution in [0.5, 0.6) is 0 Å². The first-order valence-electron chi connectivity index (χ1n) is 5.69. The van der Waals surface area contributed by atoms with Crippen molar-refractivity contribution >= 4 is 17.2 Å². The molecule has 1 aliphatic rings. The van der Waals surface area contributed by atoms with E-state index in [1.165, 1.54) is 0 Å². The topological polar surface area (TPSA) is 12.0 Å². The highest BCUT2D eigenvalue weighted by molar-refractivity contribution is 7.80. The highest BCUT2D eigenvalue weighted by Crippen LogP contribution is 2.46. The van der Waals surface area contributed by atoms with E-state index in [1.54, 1.807) is 0 Å². The lowest BCUT2D eigenvalue weighted by Gasteiger charge is -2.21. The highest BCUT2D eigenvalue weighted by Gasteiger charge is 2.41. The zero-order valence-electron chi connectivity index (χ0n) is 10.0. The smallest absolute Gasteiger partial charge is 0.0753 e. The molecular weight excluding hydrogens is 190 g/mol. The summed E-state index contributed by atoms with van der Waals surface area (Å²) in [6.45, 7) is 9.53. The Balaban J connectivity index is 2.65. The molecule has 1 N–H and O–H groups in total. The second-order valence-electron chi connectivity index (χ2n) is 4.98. The quantitative estimate of drug-likeness (QED) is 0.707. The summed E-state index contributed by atoms with van der Waals surface area (Å²) < 4.78 is 0. The summed E-state index contributed by atoms with van der Waals surface area (Å²) in [5.41, 5.74) is 0. The number of hydrogen-bond donors (Lipinski definition) is 1. The molecule has 0 aromatic heterocycles. The molecule has 14 heavy (non-hydrogen) atoms. The van der Waals surface area contributed by atoms with Crippen LogP contribution < -0.4 is 5.32 Å². The zero-order valence-corrected chi connectivity index (χ0v) is 10.8. The summed E-state index contributed by atoms with van der Waals surface area (Å²) in [5, 5.41) is 3.09. The van der Waals surface area contributed by atoms with Crippen LogP contribution in [0.4, 0.5) is 0 Å². The molecule has 1 nitrogen and oxygen atoms in total. The molecule has 0 amide bonds. The van der Waals surface area contributed by atoms with Crippen LogP contribution in [-0.2, 0) is 0 Å². The molecule has 1 fully saturated rings. The van der Waals surface area contributed by atoms with Crippen molar-refractivity contribution in [1.82, 2.24) is 5.32 Å². The van der Waals surface area contributed by atoms with Gasteiger partial charge in [-0.05, 0) is 29.6 Å². The molecule has 2 heteroatoms. The lowest BCUT2D eigenvalue weighted by molar-refractivity contribution is 0.331. The predicted molar refractivity (Wildman–Crippen MR) is 66.4 cm³/mol. The first-order valence-corrected chi connectivity index (χ1v) is 6.10. The van der Waals surface area contributed by atoms with E-state index in [-0.39, 0.29) is 0 Å². The molecule has 0 aliphatic heterocycles. The Morgan fingerprint density at radius 1 is 1.00 bits per heavy atom. The van der Waals surface area contributed by atoms with Gasteiger partial charge in [0.1, 0.15) is 0 Å². The standard InChI is InChI=1S/C12H23NS/c1-7-8(2)10(4)11(9(7)3)6-12(14)13-5/h7-11H,6H2,1-5H3,(H,13,14). The minimum atomic E-state index is 0.778. The molecule has 0 radical (unpaired) electrons. The van der Waals surface area contributed by atoms with Gasteiger partial charge in [0.15, 0.2) is 0 Å². The summed E-state index contributed by atoms with van der Waals surface area (Å²) in [7, 11) is 1.93. The van der Waals surface area contributed by atoms with Crippen molar-refractivity contribution in [2.24, 2.45) is 29.6 Å². The van der Waals surface area contributed by atoms with Gasteiger partial charge in [0.05, 0.1) is 4.99 Å². The molecule has 4 unspecified atom stereocenters. The summed E-state index contributed by atoms with van der Waals surface area (Å²) in [6, 6.07) is 0. The Morgan fingerprint density at radius 2 is 1.43 bits per heavy atom. The summed E-state index contributed by atoms with van der Waals surface area (Å²) in [4.78, 5) is 1.02. The monoisotopic (exact) mass is 213 g/mol. The van der Waals surface area contributed by atoms with Crippen molar-refractivity contribution in [3.8, 4) is 0 Å². The fourth-order valence-corrected chi connectivity index (χ4v) is 3.10. The molecule has 0 aromatic carbocycles. The third-order valence-electron chi connectivity index (χ3n) is 4.54. The van der Waals surface area contributed by atoms with Crippen LogP contribution in [-0.4, -0.2) is 12.0 Å². The van der Waals surface area contributed by atoms with E-state index in [0.29, 0.717) is 0 Å². The van der Waals surface area contributed by atoms with Crippen LogP contribution in [0.2, 0.25) is 0 Å². The third kappa shape index (κ3) is 2.10. The van der Waals surface area contributed by atoms with Crippen LogP contribution in [0.1, 0.15) is 34.1 Å². The molecule has 0 heterocycles. The molecule has 4 atom stereocenters. The van der Waals surface area contributed by atoms with Crippen molar-refractivity contribution in [3.05, 3.63) is 0 Å². The molecule has 82 valence electrons. The molecule has 1 saturated carbocycles. The van der Waals surface area contributed by atoms with Gasteiger partial charge < -0.3 is 5.32 Å². The molecule has 1 rings (SSSR count). The molecule has 0 aromatic rings. The van der Waals surface area contributed by atoms with Crippen LogP contribution in [0.25, 0.3) is 0 Å². The summed E-state index contributed by atoms with van der Waals surface area (Å²) in [5.74, 6) is 4.09. The SMILES string of the molecule is CNC(=S)CC1C(C)C(C)C(C)C1C. The molecule has 0 saturated heterocycles. The largest absolute Gasteiger partial charge is 0.383 e. The second kappa shape index (κ2) is 4.61. The Labute approximate surface area is 93.7 Å². The minimum absolute atomic E-state index is 0.778.